The molecule has 1 amide bonds. The maximum Gasteiger partial charge on any atom is 0.273 e. The second-order valence-electron chi connectivity index (χ2n) is 5.01. The standard InChI is InChI=1S/C17H13Cl2N3O/c1-10(13-8-11(18)6-7-15(13)19)21-22-17(23)14-9-20-16-5-3-2-4-12(14)16/h2-9,20H,1H3,(H,22,23). The van der Waals surface area contributed by atoms with E-state index >= 15 is 0 Å². The van der Waals surface area contributed by atoms with Crippen molar-refractivity contribution in [1.82, 2.24) is 10.4 Å². The molecule has 0 aliphatic rings. The van der Waals surface area contributed by atoms with Crippen molar-refractivity contribution in [3.05, 3.63) is 69.8 Å². The summed E-state index contributed by atoms with van der Waals surface area (Å²) in [6, 6.07) is 12.7. The van der Waals surface area contributed by atoms with Gasteiger partial charge in [0, 0.05) is 32.7 Å². The number of amides is 1. The quantitative estimate of drug-likeness (QED) is 0.527. The molecule has 1 heterocycles. The van der Waals surface area contributed by atoms with Gasteiger partial charge >= 0.3 is 0 Å². The van der Waals surface area contributed by atoms with Gasteiger partial charge in [-0.25, -0.2) is 5.43 Å². The lowest BCUT2D eigenvalue weighted by Gasteiger charge is -2.05. The molecule has 0 aliphatic carbocycles. The number of aromatic amines is 1. The zero-order valence-corrected chi connectivity index (χ0v) is 13.7. The van der Waals surface area contributed by atoms with E-state index in [1.165, 1.54) is 0 Å². The van der Waals surface area contributed by atoms with E-state index in [1.54, 1.807) is 31.3 Å². The fourth-order valence-electron chi connectivity index (χ4n) is 2.29. The van der Waals surface area contributed by atoms with Crippen LogP contribution in [0, 0.1) is 0 Å². The van der Waals surface area contributed by atoms with Crippen LogP contribution >= 0.6 is 23.2 Å². The Bertz CT molecular complexity index is 915. The van der Waals surface area contributed by atoms with E-state index in [9.17, 15) is 4.79 Å². The molecule has 0 unspecified atom stereocenters. The molecule has 4 nitrogen and oxygen atoms in total. The van der Waals surface area contributed by atoms with Gasteiger partial charge in [0.05, 0.1) is 11.3 Å². The SMILES string of the molecule is CC(=NNC(=O)c1c[nH]c2ccccc12)c1cc(Cl)ccc1Cl. The number of carbonyl (C=O) groups excluding carboxylic acids is 1. The molecule has 0 saturated heterocycles. The molecule has 0 radical (unpaired) electrons. The van der Waals surface area contributed by atoms with Gasteiger partial charge in [0.25, 0.3) is 5.91 Å². The van der Waals surface area contributed by atoms with E-state index in [0.29, 0.717) is 26.9 Å². The van der Waals surface area contributed by atoms with Crippen LogP contribution in [0.2, 0.25) is 10.0 Å². The first kappa shape index (κ1) is 15.6. The molecule has 0 aliphatic heterocycles. The lowest BCUT2D eigenvalue weighted by Crippen LogP contribution is -2.19. The summed E-state index contributed by atoms with van der Waals surface area (Å²) in [5.74, 6) is -0.292. The van der Waals surface area contributed by atoms with Gasteiger partial charge in [0.2, 0.25) is 0 Å². The number of para-hydroxylation sites is 1. The van der Waals surface area contributed by atoms with Crippen LogP contribution in [-0.2, 0) is 0 Å². The number of aromatic nitrogens is 1. The van der Waals surface area contributed by atoms with E-state index in [0.717, 1.165) is 10.9 Å². The summed E-state index contributed by atoms with van der Waals surface area (Å²) in [4.78, 5) is 15.4. The Kier molecular flexibility index (Phi) is 4.37. The minimum atomic E-state index is -0.292. The summed E-state index contributed by atoms with van der Waals surface area (Å²) >= 11 is 12.1. The summed E-state index contributed by atoms with van der Waals surface area (Å²) < 4.78 is 0. The maximum atomic E-state index is 12.3. The second-order valence-corrected chi connectivity index (χ2v) is 5.85. The molecule has 116 valence electrons. The van der Waals surface area contributed by atoms with Gasteiger partial charge in [-0.05, 0) is 31.2 Å². The Balaban J connectivity index is 1.84. The molecular formula is C17H13Cl2N3O. The van der Waals surface area contributed by atoms with Crippen LogP contribution < -0.4 is 5.43 Å². The fourth-order valence-corrected chi connectivity index (χ4v) is 2.72. The van der Waals surface area contributed by atoms with Gasteiger partial charge in [-0.3, -0.25) is 4.79 Å². The van der Waals surface area contributed by atoms with Crippen molar-refractivity contribution in [2.75, 3.05) is 0 Å². The monoisotopic (exact) mass is 345 g/mol. The molecule has 0 spiro atoms. The molecule has 2 N–H and O–H groups in total. The summed E-state index contributed by atoms with van der Waals surface area (Å²) in [6.45, 7) is 1.76. The number of hydrogen-bond acceptors (Lipinski definition) is 2. The van der Waals surface area contributed by atoms with Gasteiger partial charge in [0.1, 0.15) is 0 Å². The molecular weight excluding hydrogens is 333 g/mol. The molecule has 0 saturated carbocycles. The molecule has 3 rings (SSSR count). The van der Waals surface area contributed by atoms with Gasteiger partial charge in [-0.2, -0.15) is 5.10 Å². The zero-order valence-electron chi connectivity index (χ0n) is 12.2. The second kappa shape index (κ2) is 6.44. The van der Waals surface area contributed by atoms with Crippen molar-refractivity contribution >= 4 is 45.7 Å². The van der Waals surface area contributed by atoms with E-state index in [-0.39, 0.29) is 5.91 Å². The number of hydrogen-bond donors (Lipinski definition) is 2. The van der Waals surface area contributed by atoms with Crippen LogP contribution in [0.3, 0.4) is 0 Å². The first-order valence-electron chi connectivity index (χ1n) is 6.92. The van der Waals surface area contributed by atoms with Gasteiger partial charge in [0.15, 0.2) is 0 Å². The Morgan fingerprint density at radius 2 is 1.91 bits per heavy atom. The highest BCUT2D eigenvalue weighted by Crippen LogP contribution is 2.21. The number of fused-ring (bicyclic) bond motifs is 1. The number of nitrogens with one attached hydrogen (secondary N) is 2. The average molecular weight is 346 g/mol. The number of carbonyl (C=O) groups is 1. The third kappa shape index (κ3) is 3.23. The van der Waals surface area contributed by atoms with Crippen LogP contribution in [0.4, 0.5) is 0 Å². The van der Waals surface area contributed by atoms with E-state index in [2.05, 4.69) is 15.5 Å². The maximum absolute atomic E-state index is 12.3. The Hall–Kier alpha value is -2.30. The highest BCUT2D eigenvalue weighted by molar-refractivity contribution is 6.36. The summed E-state index contributed by atoms with van der Waals surface area (Å²) in [5, 5.41) is 6.05. The number of halogens is 2. The van der Waals surface area contributed by atoms with Gasteiger partial charge < -0.3 is 4.98 Å². The fraction of sp³-hybridized carbons (Fsp3) is 0.0588. The van der Waals surface area contributed by atoms with Crippen molar-refractivity contribution in [3.63, 3.8) is 0 Å². The van der Waals surface area contributed by atoms with Crippen molar-refractivity contribution in [1.29, 1.82) is 0 Å². The largest absolute Gasteiger partial charge is 0.360 e. The molecule has 0 atom stereocenters. The van der Waals surface area contributed by atoms with E-state index in [1.807, 2.05) is 24.3 Å². The van der Waals surface area contributed by atoms with Crippen molar-refractivity contribution in [2.24, 2.45) is 5.10 Å². The van der Waals surface area contributed by atoms with Crippen LogP contribution in [0.15, 0.2) is 53.8 Å². The third-order valence-electron chi connectivity index (χ3n) is 3.48. The average Bonchev–Trinajstić information content (AvgIpc) is 2.98. The number of benzene rings is 2. The van der Waals surface area contributed by atoms with Crippen molar-refractivity contribution in [3.8, 4) is 0 Å². The number of rotatable bonds is 3. The predicted octanol–water partition coefficient (Wildman–Crippen LogP) is 4.63. The molecule has 6 heteroatoms. The molecule has 2 aromatic carbocycles. The number of H-pyrrole nitrogens is 1. The van der Waals surface area contributed by atoms with Crippen LogP contribution in [0.25, 0.3) is 10.9 Å². The summed E-state index contributed by atoms with van der Waals surface area (Å²) in [5.41, 5.74) is 5.24. The highest BCUT2D eigenvalue weighted by atomic mass is 35.5. The molecule has 0 fully saturated rings. The first-order valence-corrected chi connectivity index (χ1v) is 7.68. The third-order valence-corrected chi connectivity index (χ3v) is 4.04. The van der Waals surface area contributed by atoms with Crippen LogP contribution in [-0.4, -0.2) is 16.6 Å². The predicted molar refractivity (Wildman–Crippen MR) is 94.4 cm³/mol. The van der Waals surface area contributed by atoms with Crippen molar-refractivity contribution < 1.29 is 4.79 Å². The summed E-state index contributed by atoms with van der Waals surface area (Å²) in [6.07, 6.45) is 1.66. The highest BCUT2D eigenvalue weighted by Gasteiger charge is 2.11. The Morgan fingerprint density at radius 3 is 2.74 bits per heavy atom. The number of nitrogens with zero attached hydrogens (tertiary/aromatic N) is 1. The van der Waals surface area contributed by atoms with Crippen molar-refractivity contribution in [2.45, 2.75) is 6.92 Å². The van der Waals surface area contributed by atoms with Crippen LogP contribution in [0.1, 0.15) is 22.8 Å². The molecule has 3 aromatic rings. The lowest BCUT2D eigenvalue weighted by atomic mass is 10.1. The zero-order chi connectivity index (χ0) is 16.4. The summed E-state index contributed by atoms with van der Waals surface area (Å²) in [7, 11) is 0. The van der Waals surface area contributed by atoms with Gasteiger partial charge in [-0.1, -0.05) is 41.4 Å². The van der Waals surface area contributed by atoms with Crippen LogP contribution in [0.5, 0.6) is 0 Å². The normalized spacial score (nSPS) is 11.7. The smallest absolute Gasteiger partial charge is 0.273 e. The topological polar surface area (TPSA) is 57.2 Å². The molecule has 23 heavy (non-hydrogen) atoms. The van der Waals surface area contributed by atoms with E-state index < -0.39 is 0 Å². The number of hydrazone groups is 1. The first-order chi connectivity index (χ1) is 11.1. The minimum absolute atomic E-state index is 0.292. The lowest BCUT2D eigenvalue weighted by molar-refractivity contribution is 0.0956. The Labute approximate surface area is 143 Å². The molecule has 1 aromatic heterocycles. The molecule has 0 bridgehead atoms. The minimum Gasteiger partial charge on any atom is -0.360 e. The van der Waals surface area contributed by atoms with Gasteiger partial charge in [-0.15, -0.1) is 0 Å². The van der Waals surface area contributed by atoms with E-state index in [4.69, 9.17) is 23.2 Å². The Morgan fingerprint density at radius 1 is 1.13 bits per heavy atom.